The molecule has 0 aliphatic carbocycles. The molecule has 0 fully saturated rings. The molecule has 3 rings (SSSR count). The van der Waals surface area contributed by atoms with Gasteiger partial charge in [-0.15, -0.1) is 0 Å². The summed E-state index contributed by atoms with van der Waals surface area (Å²) in [6.45, 7) is 10.1. The fourth-order valence-corrected chi connectivity index (χ4v) is 3.68. The number of aryl methyl sites for hydroxylation is 2. The number of hydrogen-bond donors (Lipinski definition) is 1. The molecular weight excluding hydrogens is 444 g/mol. The molecular formula is C27H34N4O4. The number of nitrogens with one attached hydrogen (secondary N) is 1. The van der Waals surface area contributed by atoms with Crippen molar-refractivity contribution in [3.05, 3.63) is 64.8 Å². The van der Waals surface area contributed by atoms with Gasteiger partial charge in [0.25, 0.3) is 5.91 Å². The Labute approximate surface area is 206 Å². The van der Waals surface area contributed by atoms with Crippen LogP contribution in [0, 0.1) is 13.8 Å². The van der Waals surface area contributed by atoms with Crippen molar-refractivity contribution in [1.29, 1.82) is 0 Å². The highest BCUT2D eigenvalue weighted by Crippen LogP contribution is 2.28. The van der Waals surface area contributed by atoms with E-state index in [0.29, 0.717) is 22.9 Å². The summed E-state index contributed by atoms with van der Waals surface area (Å²) in [4.78, 5) is 27.3. The molecule has 0 unspecified atom stereocenters. The molecule has 0 bridgehead atoms. The molecule has 186 valence electrons. The fraction of sp³-hybridized carbons (Fsp3) is 0.370. The van der Waals surface area contributed by atoms with Crippen molar-refractivity contribution < 1.29 is 19.1 Å². The van der Waals surface area contributed by atoms with Crippen LogP contribution in [0.3, 0.4) is 0 Å². The number of carbonyl (C=O) groups is 2. The van der Waals surface area contributed by atoms with E-state index in [1.807, 2.05) is 32.0 Å². The Balaban J connectivity index is 1.84. The lowest BCUT2D eigenvalue weighted by atomic mass is 9.92. The number of nitrogens with zero attached hydrogens (tertiary/aromatic N) is 3. The zero-order valence-electron chi connectivity index (χ0n) is 21.7. The van der Waals surface area contributed by atoms with E-state index in [2.05, 4.69) is 32.2 Å². The summed E-state index contributed by atoms with van der Waals surface area (Å²) in [6, 6.07) is 12.9. The Bertz CT molecular complexity index is 1220. The van der Waals surface area contributed by atoms with Gasteiger partial charge in [0.15, 0.2) is 0 Å². The van der Waals surface area contributed by atoms with Crippen molar-refractivity contribution in [1.82, 2.24) is 14.7 Å². The number of carbonyl (C=O) groups excluding carboxylic acids is 2. The smallest absolute Gasteiger partial charge is 0.254 e. The molecule has 35 heavy (non-hydrogen) atoms. The lowest BCUT2D eigenvalue weighted by Gasteiger charge is -2.18. The lowest BCUT2D eigenvalue weighted by molar-refractivity contribution is -0.116. The lowest BCUT2D eigenvalue weighted by Crippen LogP contribution is -2.35. The maximum absolute atomic E-state index is 13.0. The second-order valence-corrected chi connectivity index (χ2v) is 9.68. The summed E-state index contributed by atoms with van der Waals surface area (Å²) in [6.07, 6.45) is 0. The van der Waals surface area contributed by atoms with Gasteiger partial charge in [-0.2, -0.15) is 5.10 Å². The normalized spacial score (nSPS) is 11.2. The van der Waals surface area contributed by atoms with E-state index in [1.54, 1.807) is 29.9 Å². The molecule has 2 aromatic carbocycles. The number of anilines is 1. The van der Waals surface area contributed by atoms with Gasteiger partial charge in [0.05, 0.1) is 32.1 Å². The van der Waals surface area contributed by atoms with Gasteiger partial charge in [0, 0.05) is 30.2 Å². The third kappa shape index (κ3) is 6.01. The van der Waals surface area contributed by atoms with E-state index in [0.717, 1.165) is 22.5 Å². The molecule has 2 amide bonds. The Hall–Kier alpha value is -3.81. The molecule has 0 saturated carbocycles. The zero-order chi connectivity index (χ0) is 25.9. The molecule has 8 nitrogen and oxygen atoms in total. The van der Waals surface area contributed by atoms with Crippen LogP contribution in [0.4, 0.5) is 5.82 Å². The van der Waals surface area contributed by atoms with Crippen LogP contribution >= 0.6 is 0 Å². The SMILES string of the molecule is COc1cc(OC)cc(C(=O)N(C)CC(=O)Nc2cc(C(C)(C)C)nn2-c2ccc(C)cc2C)c1. The van der Waals surface area contributed by atoms with Gasteiger partial charge in [-0.05, 0) is 37.6 Å². The average Bonchev–Trinajstić information content (AvgIpc) is 3.21. The van der Waals surface area contributed by atoms with Crippen LogP contribution in [0.5, 0.6) is 11.5 Å². The molecule has 0 atom stereocenters. The highest BCUT2D eigenvalue weighted by Gasteiger charge is 2.23. The van der Waals surface area contributed by atoms with Crippen LogP contribution in [0.2, 0.25) is 0 Å². The van der Waals surface area contributed by atoms with Gasteiger partial charge in [0.2, 0.25) is 5.91 Å². The van der Waals surface area contributed by atoms with Crippen molar-refractivity contribution in [3.8, 4) is 17.2 Å². The summed E-state index contributed by atoms with van der Waals surface area (Å²) >= 11 is 0. The van der Waals surface area contributed by atoms with Gasteiger partial charge in [-0.25, -0.2) is 4.68 Å². The maximum atomic E-state index is 13.0. The van der Waals surface area contributed by atoms with E-state index in [4.69, 9.17) is 14.6 Å². The second-order valence-electron chi connectivity index (χ2n) is 9.68. The third-order valence-electron chi connectivity index (χ3n) is 5.65. The van der Waals surface area contributed by atoms with Gasteiger partial charge in [-0.1, -0.05) is 38.5 Å². The minimum Gasteiger partial charge on any atom is -0.497 e. The molecule has 1 N–H and O–H groups in total. The van der Waals surface area contributed by atoms with Gasteiger partial charge >= 0.3 is 0 Å². The first kappa shape index (κ1) is 25.8. The maximum Gasteiger partial charge on any atom is 0.254 e. The number of amides is 2. The Morgan fingerprint density at radius 1 is 1.00 bits per heavy atom. The molecule has 0 aliphatic rings. The highest BCUT2D eigenvalue weighted by molar-refractivity contribution is 5.99. The van der Waals surface area contributed by atoms with Crippen LogP contribution in [-0.2, 0) is 10.2 Å². The topological polar surface area (TPSA) is 85.7 Å². The van der Waals surface area contributed by atoms with Crippen molar-refractivity contribution >= 4 is 17.6 Å². The van der Waals surface area contributed by atoms with Crippen molar-refractivity contribution in [2.75, 3.05) is 33.1 Å². The number of rotatable bonds is 7. The molecule has 0 aliphatic heterocycles. The number of aromatic nitrogens is 2. The number of methoxy groups -OCH3 is 2. The van der Waals surface area contributed by atoms with E-state index >= 15 is 0 Å². The van der Waals surface area contributed by atoms with Crippen molar-refractivity contribution in [3.63, 3.8) is 0 Å². The number of likely N-dealkylation sites (N-methyl/N-ethyl adjacent to an activating group) is 1. The van der Waals surface area contributed by atoms with Crippen LogP contribution in [0.1, 0.15) is 48.0 Å². The number of benzene rings is 2. The predicted octanol–water partition coefficient (Wildman–Crippen LogP) is 4.51. The molecule has 0 spiro atoms. The van der Waals surface area contributed by atoms with E-state index in [-0.39, 0.29) is 23.8 Å². The molecule has 3 aromatic rings. The predicted molar refractivity (Wildman–Crippen MR) is 137 cm³/mol. The van der Waals surface area contributed by atoms with Gasteiger partial charge in [0.1, 0.15) is 17.3 Å². The van der Waals surface area contributed by atoms with Gasteiger partial charge in [-0.3, -0.25) is 9.59 Å². The molecule has 0 saturated heterocycles. The van der Waals surface area contributed by atoms with Crippen molar-refractivity contribution in [2.24, 2.45) is 0 Å². The summed E-state index contributed by atoms with van der Waals surface area (Å²) in [5.41, 5.74) is 4.08. The standard InChI is InChI=1S/C27H34N4O4/c1-17-9-10-22(18(2)11-17)31-24(15-23(29-31)27(3,4)5)28-25(32)16-30(6)26(33)19-12-20(34-7)14-21(13-19)35-8/h9-15H,16H2,1-8H3,(H,28,32). The van der Waals surface area contributed by atoms with E-state index < -0.39 is 0 Å². The van der Waals surface area contributed by atoms with Crippen LogP contribution < -0.4 is 14.8 Å². The molecule has 0 radical (unpaired) electrons. The largest absolute Gasteiger partial charge is 0.497 e. The Kier molecular flexibility index (Phi) is 7.53. The number of hydrogen-bond acceptors (Lipinski definition) is 5. The first-order valence-corrected chi connectivity index (χ1v) is 11.4. The monoisotopic (exact) mass is 478 g/mol. The van der Waals surface area contributed by atoms with E-state index in [1.165, 1.54) is 19.1 Å². The summed E-state index contributed by atoms with van der Waals surface area (Å²) in [7, 11) is 4.62. The summed E-state index contributed by atoms with van der Waals surface area (Å²) in [5.74, 6) is 0.892. The highest BCUT2D eigenvalue weighted by atomic mass is 16.5. The first-order chi connectivity index (χ1) is 16.4. The molecule has 8 heteroatoms. The van der Waals surface area contributed by atoms with Crippen LogP contribution in [0.25, 0.3) is 5.69 Å². The fourth-order valence-electron chi connectivity index (χ4n) is 3.68. The molecule has 1 aromatic heterocycles. The Morgan fingerprint density at radius 2 is 1.63 bits per heavy atom. The van der Waals surface area contributed by atoms with Crippen LogP contribution in [0.15, 0.2) is 42.5 Å². The zero-order valence-corrected chi connectivity index (χ0v) is 21.7. The number of ether oxygens (including phenoxy) is 2. The average molecular weight is 479 g/mol. The minimum atomic E-state index is -0.331. The minimum absolute atomic E-state index is 0.138. The molecule has 1 heterocycles. The first-order valence-electron chi connectivity index (χ1n) is 11.4. The summed E-state index contributed by atoms with van der Waals surface area (Å²) < 4.78 is 12.3. The van der Waals surface area contributed by atoms with E-state index in [9.17, 15) is 9.59 Å². The van der Waals surface area contributed by atoms with Crippen LogP contribution in [-0.4, -0.2) is 54.3 Å². The quantitative estimate of drug-likeness (QED) is 0.540. The van der Waals surface area contributed by atoms with Crippen molar-refractivity contribution in [2.45, 2.75) is 40.0 Å². The second kappa shape index (κ2) is 10.2. The third-order valence-corrected chi connectivity index (χ3v) is 5.65. The summed E-state index contributed by atoms with van der Waals surface area (Å²) in [5, 5.41) is 7.73. The van der Waals surface area contributed by atoms with Gasteiger partial charge < -0.3 is 19.7 Å². The Morgan fingerprint density at radius 3 is 2.17 bits per heavy atom.